The van der Waals surface area contributed by atoms with E-state index in [1.807, 2.05) is 4.68 Å². The topological polar surface area (TPSA) is 50.2 Å². The minimum Gasteiger partial charge on any atom is -0.347 e. The van der Waals surface area contributed by atoms with Crippen molar-refractivity contribution in [1.82, 2.24) is 20.0 Å². The van der Waals surface area contributed by atoms with Gasteiger partial charge in [-0.15, -0.1) is 0 Å². The highest BCUT2D eigenvalue weighted by atomic mass is 19.4. The van der Waals surface area contributed by atoms with Crippen molar-refractivity contribution in [2.45, 2.75) is 64.2 Å². The molecule has 1 aromatic heterocycles. The molecule has 26 heavy (non-hydrogen) atoms. The number of aryl methyl sites for hydroxylation is 1. The lowest BCUT2D eigenvalue weighted by atomic mass is 9.91. The van der Waals surface area contributed by atoms with Crippen LogP contribution < -0.4 is 5.32 Å². The molecule has 1 aromatic rings. The summed E-state index contributed by atoms with van der Waals surface area (Å²) in [5.74, 6) is -0.259. The van der Waals surface area contributed by atoms with Crippen LogP contribution in [0, 0.1) is 5.92 Å². The van der Waals surface area contributed by atoms with Crippen LogP contribution in [0.1, 0.15) is 62.9 Å². The molecule has 1 atom stereocenters. The molecule has 2 heterocycles. The van der Waals surface area contributed by atoms with Crippen molar-refractivity contribution < 1.29 is 18.0 Å². The second kappa shape index (κ2) is 7.58. The maximum Gasteiger partial charge on any atom is 0.401 e. The van der Waals surface area contributed by atoms with E-state index in [9.17, 15) is 18.0 Å². The molecule has 1 aliphatic heterocycles. The molecule has 0 saturated carbocycles. The highest BCUT2D eigenvalue weighted by Gasteiger charge is 2.35. The predicted molar refractivity (Wildman–Crippen MR) is 91.7 cm³/mol. The maximum absolute atomic E-state index is 12.6. The molecule has 0 spiro atoms. The van der Waals surface area contributed by atoms with Gasteiger partial charge in [0.2, 0.25) is 5.91 Å². The van der Waals surface area contributed by atoms with Gasteiger partial charge in [0.25, 0.3) is 0 Å². The monoisotopic (exact) mass is 372 g/mol. The predicted octanol–water partition coefficient (Wildman–Crippen LogP) is 3.23. The fraction of sp³-hybridized carbons (Fsp3) is 0.778. The smallest absolute Gasteiger partial charge is 0.347 e. The third-order valence-corrected chi connectivity index (χ3v) is 5.32. The van der Waals surface area contributed by atoms with E-state index in [4.69, 9.17) is 0 Å². The first-order valence-corrected chi connectivity index (χ1v) is 9.40. The van der Waals surface area contributed by atoms with Crippen LogP contribution in [0.5, 0.6) is 0 Å². The molecule has 146 valence electrons. The Bertz CT molecular complexity index is 633. The van der Waals surface area contributed by atoms with Gasteiger partial charge in [-0.2, -0.15) is 18.3 Å². The second-order valence-electron chi connectivity index (χ2n) is 7.73. The summed E-state index contributed by atoms with van der Waals surface area (Å²) >= 11 is 0. The van der Waals surface area contributed by atoms with E-state index in [2.05, 4.69) is 30.5 Å². The van der Waals surface area contributed by atoms with E-state index in [1.54, 1.807) is 0 Å². The van der Waals surface area contributed by atoms with E-state index >= 15 is 0 Å². The standard InChI is InChI=1S/C18H27F3N4O/c1-12(2)25-10-14-4-3-5-15(16(14)23-25)22-17(26)13-6-8-24(9-7-13)11-18(19,20)21/h10,12-13,15H,3-9,11H2,1-2H3,(H,22,26). The zero-order valence-corrected chi connectivity index (χ0v) is 15.4. The first-order chi connectivity index (χ1) is 12.2. The Morgan fingerprint density at radius 3 is 2.62 bits per heavy atom. The summed E-state index contributed by atoms with van der Waals surface area (Å²) < 4.78 is 39.4. The van der Waals surface area contributed by atoms with Crippen LogP contribution in [-0.4, -0.2) is 46.4 Å². The minimum atomic E-state index is -4.18. The van der Waals surface area contributed by atoms with Crippen LogP contribution in [0.15, 0.2) is 6.20 Å². The molecule has 0 radical (unpaired) electrons. The van der Waals surface area contributed by atoms with Crippen LogP contribution in [0.3, 0.4) is 0 Å². The van der Waals surface area contributed by atoms with Crippen LogP contribution in [-0.2, 0) is 11.2 Å². The molecule has 1 saturated heterocycles. The summed E-state index contributed by atoms with van der Waals surface area (Å²) in [6.07, 6.45) is 1.68. The number of carbonyl (C=O) groups excluding carboxylic acids is 1. The SMILES string of the molecule is CC(C)n1cc2c(n1)C(NC(=O)C1CCN(CC(F)(F)F)CC1)CCC2. The number of hydrogen-bond acceptors (Lipinski definition) is 3. The third kappa shape index (κ3) is 4.58. The number of halogens is 3. The molecule has 8 heteroatoms. The molecule has 5 nitrogen and oxygen atoms in total. The molecule has 1 amide bonds. The third-order valence-electron chi connectivity index (χ3n) is 5.32. The van der Waals surface area contributed by atoms with Gasteiger partial charge in [0, 0.05) is 18.2 Å². The molecule has 1 fully saturated rings. The average Bonchev–Trinajstić information content (AvgIpc) is 2.99. The molecule has 3 rings (SSSR count). The molecular formula is C18H27F3N4O. The number of piperidine rings is 1. The quantitative estimate of drug-likeness (QED) is 0.883. The van der Waals surface area contributed by atoms with Crippen LogP contribution in [0.4, 0.5) is 13.2 Å². The van der Waals surface area contributed by atoms with Crippen LogP contribution in [0.2, 0.25) is 0 Å². The van der Waals surface area contributed by atoms with Gasteiger partial charge in [0.1, 0.15) is 0 Å². The largest absolute Gasteiger partial charge is 0.401 e. The van der Waals surface area contributed by atoms with Crippen molar-refractivity contribution in [3.8, 4) is 0 Å². The Morgan fingerprint density at radius 2 is 2.00 bits per heavy atom. The second-order valence-corrected chi connectivity index (χ2v) is 7.73. The Balaban J connectivity index is 1.57. The van der Waals surface area contributed by atoms with Crippen LogP contribution >= 0.6 is 0 Å². The number of hydrogen-bond donors (Lipinski definition) is 1. The van der Waals surface area contributed by atoms with Crippen molar-refractivity contribution in [2.75, 3.05) is 19.6 Å². The van der Waals surface area contributed by atoms with Crippen molar-refractivity contribution >= 4 is 5.91 Å². The Hall–Kier alpha value is -1.57. The molecular weight excluding hydrogens is 345 g/mol. The lowest BCUT2D eigenvalue weighted by Gasteiger charge is -2.32. The number of alkyl halides is 3. The van der Waals surface area contributed by atoms with Crippen molar-refractivity contribution in [3.05, 3.63) is 17.5 Å². The van der Waals surface area contributed by atoms with Gasteiger partial charge >= 0.3 is 6.18 Å². The zero-order chi connectivity index (χ0) is 18.9. The summed E-state index contributed by atoms with van der Waals surface area (Å²) in [6.45, 7) is 3.88. The average molecular weight is 372 g/mol. The summed E-state index contributed by atoms with van der Waals surface area (Å²) in [5, 5.41) is 7.76. The van der Waals surface area contributed by atoms with Gasteiger partial charge in [-0.3, -0.25) is 14.4 Å². The van der Waals surface area contributed by atoms with Crippen molar-refractivity contribution in [3.63, 3.8) is 0 Å². The number of fused-ring (bicyclic) bond motifs is 1. The van der Waals surface area contributed by atoms with E-state index in [1.165, 1.54) is 10.5 Å². The molecule has 1 aliphatic carbocycles. The van der Waals surface area contributed by atoms with Gasteiger partial charge in [-0.05, 0) is 64.6 Å². The summed E-state index contributed by atoms with van der Waals surface area (Å²) in [6, 6.07) is 0.189. The lowest BCUT2D eigenvalue weighted by Crippen LogP contribution is -2.44. The summed E-state index contributed by atoms with van der Waals surface area (Å²) in [5.41, 5.74) is 2.14. The van der Waals surface area contributed by atoms with Crippen molar-refractivity contribution in [1.29, 1.82) is 0 Å². The number of nitrogens with one attached hydrogen (secondary N) is 1. The summed E-state index contributed by atoms with van der Waals surface area (Å²) in [7, 11) is 0. The molecule has 2 aliphatic rings. The van der Waals surface area contributed by atoms with Crippen molar-refractivity contribution in [2.24, 2.45) is 5.92 Å². The van der Waals surface area contributed by atoms with E-state index in [0.29, 0.717) is 25.9 Å². The first-order valence-electron chi connectivity index (χ1n) is 9.40. The van der Waals surface area contributed by atoms with Gasteiger partial charge in [0.05, 0.1) is 18.3 Å². The fourth-order valence-corrected chi connectivity index (χ4v) is 3.86. The Morgan fingerprint density at radius 1 is 1.31 bits per heavy atom. The number of amides is 1. The highest BCUT2D eigenvalue weighted by molar-refractivity contribution is 5.79. The van der Waals surface area contributed by atoms with E-state index in [-0.39, 0.29) is 23.9 Å². The Kier molecular flexibility index (Phi) is 5.60. The number of rotatable bonds is 4. The van der Waals surface area contributed by atoms with Gasteiger partial charge < -0.3 is 5.32 Å². The summed E-state index contributed by atoms with van der Waals surface area (Å²) in [4.78, 5) is 14.0. The molecule has 0 bridgehead atoms. The highest BCUT2D eigenvalue weighted by Crippen LogP contribution is 2.30. The number of carbonyl (C=O) groups is 1. The number of nitrogens with zero attached hydrogens (tertiary/aromatic N) is 3. The van der Waals surface area contributed by atoms with Gasteiger partial charge in [0.15, 0.2) is 0 Å². The normalized spacial score (nSPS) is 22.5. The first kappa shape index (κ1) is 19.2. The number of likely N-dealkylation sites (tertiary alicyclic amines) is 1. The number of aromatic nitrogens is 2. The van der Waals surface area contributed by atoms with Crippen LogP contribution in [0.25, 0.3) is 0 Å². The fourth-order valence-electron chi connectivity index (χ4n) is 3.86. The van der Waals surface area contributed by atoms with E-state index < -0.39 is 12.7 Å². The molecule has 1 N–H and O–H groups in total. The zero-order valence-electron chi connectivity index (χ0n) is 15.4. The van der Waals surface area contributed by atoms with Gasteiger partial charge in [-0.1, -0.05) is 0 Å². The minimum absolute atomic E-state index is 0.0476. The molecule has 1 unspecified atom stereocenters. The Labute approximate surface area is 151 Å². The maximum atomic E-state index is 12.6. The molecule has 0 aromatic carbocycles. The van der Waals surface area contributed by atoms with E-state index in [0.717, 1.165) is 25.0 Å². The van der Waals surface area contributed by atoms with Gasteiger partial charge in [-0.25, -0.2) is 0 Å². The lowest BCUT2D eigenvalue weighted by molar-refractivity contribution is -0.149.